The molecular weight excluding hydrogens is 298 g/mol. The minimum absolute atomic E-state index is 0.0518. The summed E-state index contributed by atoms with van der Waals surface area (Å²) in [6.45, 7) is 3.52. The molecule has 0 saturated heterocycles. The quantitative estimate of drug-likeness (QED) is 0.718. The van der Waals surface area contributed by atoms with Gasteiger partial charge in [-0.15, -0.1) is 0 Å². The molecular formula is C16H19N3O4. The molecule has 0 fully saturated rings. The molecule has 0 heterocycles. The number of nitrogens with one attached hydrogen (secondary N) is 1. The smallest absolute Gasteiger partial charge is 0.308 e. The van der Waals surface area contributed by atoms with Crippen molar-refractivity contribution in [2.75, 3.05) is 6.61 Å². The first-order valence-electron chi connectivity index (χ1n) is 7.16. The normalized spacial score (nSPS) is 12.6. The highest BCUT2D eigenvalue weighted by molar-refractivity contribution is 5.97. The first-order valence-corrected chi connectivity index (χ1v) is 7.16. The number of ether oxygens (including phenoxy) is 1. The van der Waals surface area contributed by atoms with Crippen molar-refractivity contribution in [3.63, 3.8) is 0 Å². The number of carbonyl (C=O) groups excluding carboxylic acids is 3. The molecule has 0 aromatic heterocycles. The minimum Gasteiger partial charge on any atom is -0.466 e. The van der Waals surface area contributed by atoms with Crippen molar-refractivity contribution in [2.45, 2.75) is 26.3 Å². The van der Waals surface area contributed by atoms with Gasteiger partial charge in [0.05, 0.1) is 24.2 Å². The molecule has 0 saturated carbocycles. The number of hydrogen-bond acceptors (Lipinski definition) is 5. The summed E-state index contributed by atoms with van der Waals surface area (Å²) in [7, 11) is 0. The number of esters is 1. The third kappa shape index (κ3) is 5.43. The molecule has 0 aliphatic heterocycles. The molecule has 2 atom stereocenters. The molecule has 1 aromatic rings. The van der Waals surface area contributed by atoms with Gasteiger partial charge in [0, 0.05) is 5.56 Å². The predicted octanol–water partition coefficient (Wildman–Crippen LogP) is 0.731. The topological polar surface area (TPSA) is 122 Å². The fraction of sp³-hybridized carbons (Fsp3) is 0.375. The van der Waals surface area contributed by atoms with E-state index in [1.807, 2.05) is 6.07 Å². The van der Waals surface area contributed by atoms with Gasteiger partial charge in [-0.3, -0.25) is 14.4 Å². The van der Waals surface area contributed by atoms with Gasteiger partial charge in [-0.05, 0) is 37.6 Å². The zero-order chi connectivity index (χ0) is 17.4. The lowest BCUT2D eigenvalue weighted by Crippen LogP contribution is -2.46. The van der Waals surface area contributed by atoms with Crippen LogP contribution in [0.5, 0.6) is 0 Å². The van der Waals surface area contributed by atoms with Crippen molar-refractivity contribution < 1.29 is 19.1 Å². The van der Waals surface area contributed by atoms with Crippen LogP contribution in [0.3, 0.4) is 0 Å². The number of nitriles is 1. The van der Waals surface area contributed by atoms with E-state index in [2.05, 4.69) is 5.32 Å². The summed E-state index contributed by atoms with van der Waals surface area (Å²) in [6.07, 6.45) is 0.0518. The molecule has 0 unspecified atom stereocenters. The Hall–Kier alpha value is -2.88. The lowest BCUT2D eigenvalue weighted by molar-refractivity contribution is -0.147. The summed E-state index contributed by atoms with van der Waals surface area (Å²) in [4.78, 5) is 35.2. The molecule has 0 radical (unpaired) electrons. The van der Waals surface area contributed by atoms with Crippen molar-refractivity contribution in [1.29, 1.82) is 5.26 Å². The average molecular weight is 317 g/mol. The summed E-state index contributed by atoms with van der Waals surface area (Å²) in [5.41, 5.74) is 5.99. The van der Waals surface area contributed by atoms with Gasteiger partial charge in [0.15, 0.2) is 0 Å². The maximum absolute atomic E-state index is 12.1. The predicted molar refractivity (Wildman–Crippen MR) is 82.0 cm³/mol. The van der Waals surface area contributed by atoms with E-state index >= 15 is 0 Å². The Morgan fingerprint density at radius 1 is 1.30 bits per heavy atom. The first kappa shape index (κ1) is 18.2. The van der Waals surface area contributed by atoms with Crippen LogP contribution in [0.2, 0.25) is 0 Å². The summed E-state index contributed by atoms with van der Waals surface area (Å²) < 4.78 is 4.87. The Morgan fingerprint density at radius 2 is 1.91 bits per heavy atom. The second-order valence-corrected chi connectivity index (χ2v) is 5.01. The van der Waals surface area contributed by atoms with Gasteiger partial charge in [0.25, 0.3) is 5.91 Å². The van der Waals surface area contributed by atoms with Gasteiger partial charge >= 0.3 is 5.97 Å². The van der Waals surface area contributed by atoms with Gasteiger partial charge in [-0.25, -0.2) is 0 Å². The lowest BCUT2D eigenvalue weighted by Gasteiger charge is -2.18. The minimum atomic E-state index is -0.988. The second-order valence-electron chi connectivity index (χ2n) is 5.01. The number of nitrogens with two attached hydrogens (primary N) is 1. The number of nitrogens with zero attached hydrogens (tertiary/aromatic N) is 1. The van der Waals surface area contributed by atoms with Crippen molar-refractivity contribution in [1.82, 2.24) is 5.32 Å². The van der Waals surface area contributed by atoms with E-state index in [0.717, 1.165) is 0 Å². The van der Waals surface area contributed by atoms with Crippen molar-refractivity contribution >= 4 is 17.8 Å². The number of benzene rings is 1. The molecule has 1 aromatic carbocycles. The Morgan fingerprint density at radius 3 is 2.39 bits per heavy atom. The van der Waals surface area contributed by atoms with E-state index in [1.165, 1.54) is 24.3 Å². The Balaban J connectivity index is 2.75. The molecule has 2 amide bonds. The Kier molecular flexibility index (Phi) is 6.74. The number of carbonyl (C=O) groups is 3. The summed E-state index contributed by atoms with van der Waals surface area (Å²) in [5.74, 6) is -2.27. The van der Waals surface area contributed by atoms with E-state index in [4.69, 9.17) is 15.7 Å². The van der Waals surface area contributed by atoms with Crippen molar-refractivity contribution in [2.24, 2.45) is 11.7 Å². The monoisotopic (exact) mass is 317 g/mol. The highest BCUT2D eigenvalue weighted by Crippen LogP contribution is 2.10. The second kappa shape index (κ2) is 8.54. The summed E-state index contributed by atoms with van der Waals surface area (Å²) in [5, 5.41) is 11.2. The van der Waals surface area contributed by atoms with Gasteiger partial charge in [0.2, 0.25) is 5.91 Å². The van der Waals surface area contributed by atoms with E-state index < -0.39 is 29.7 Å². The van der Waals surface area contributed by atoms with Crippen LogP contribution in [-0.4, -0.2) is 30.4 Å². The van der Waals surface area contributed by atoms with Crippen LogP contribution in [0.4, 0.5) is 0 Å². The number of hydrogen-bond donors (Lipinski definition) is 2. The molecule has 0 aliphatic rings. The molecule has 7 nitrogen and oxygen atoms in total. The molecule has 122 valence electrons. The fourth-order valence-electron chi connectivity index (χ4n) is 1.92. The SMILES string of the molecule is CCOC(=O)[C@@H](C)C[C@@H](NC(=O)c1ccc(C#N)cc1)C(N)=O. The maximum Gasteiger partial charge on any atom is 0.308 e. The molecule has 3 N–H and O–H groups in total. The summed E-state index contributed by atoms with van der Waals surface area (Å²) in [6, 6.07) is 6.89. The van der Waals surface area contributed by atoms with Crippen LogP contribution in [0.25, 0.3) is 0 Å². The van der Waals surface area contributed by atoms with Crippen molar-refractivity contribution in [3.05, 3.63) is 35.4 Å². The number of primary amides is 1. The van der Waals surface area contributed by atoms with Crippen LogP contribution >= 0.6 is 0 Å². The molecule has 7 heteroatoms. The Bertz CT molecular complexity index is 619. The largest absolute Gasteiger partial charge is 0.466 e. The van der Waals surface area contributed by atoms with Crippen LogP contribution in [-0.2, 0) is 14.3 Å². The van der Waals surface area contributed by atoms with Gasteiger partial charge in [-0.1, -0.05) is 6.92 Å². The van der Waals surface area contributed by atoms with E-state index in [1.54, 1.807) is 13.8 Å². The van der Waals surface area contributed by atoms with Gasteiger partial charge in [0.1, 0.15) is 6.04 Å². The Labute approximate surface area is 134 Å². The number of amides is 2. The molecule has 1 rings (SSSR count). The van der Waals surface area contributed by atoms with Crippen LogP contribution in [0.15, 0.2) is 24.3 Å². The highest BCUT2D eigenvalue weighted by atomic mass is 16.5. The van der Waals surface area contributed by atoms with Gasteiger partial charge < -0.3 is 15.8 Å². The van der Waals surface area contributed by atoms with Crippen LogP contribution in [0, 0.1) is 17.2 Å². The van der Waals surface area contributed by atoms with Crippen LogP contribution in [0.1, 0.15) is 36.2 Å². The van der Waals surface area contributed by atoms with Crippen LogP contribution < -0.4 is 11.1 Å². The van der Waals surface area contributed by atoms with E-state index in [0.29, 0.717) is 11.1 Å². The lowest BCUT2D eigenvalue weighted by atomic mass is 10.0. The summed E-state index contributed by atoms with van der Waals surface area (Å²) >= 11 is 0. The van der Waals surface area contributed by atoms with E-state index in [9.17, 15) is 14.4 Å². The zero-order valence-electron chi connectivity index (χ0n) is 13.0. The zero-order valence-corrected chi connectivity index (χ0v) is 13.0. The van der Waals surface area contributed by atoms with E-state index in [-0.39, 0.29) is 13.0 Å². The molecule has 0 bridgehead atoms. The third-order valence-corrected chi connectivity index (χ3v) is 3.20. The molecule has 0 aliphatic carbocycles. The molecule has 23 heavy (non-hydrogen) atoms. The standard InChI is InChI=1S/C16H19N3O4/c1-3-23-16(22)10(2)8-13(14(18)20)19-15(21)12-6-4-11(9-17)5-7-12/h4-7,10,13H,3,8H2,1-2H3,(H2,18,20)(H,19,21)/t10-,13+/m0/s1. The highest BCUT2D eigenvalue weighted by Gasteiger charge is 2.25. The fourth-order valence-corrected chi connectivity index (χ4v) is 1.92. The first-order chi connectivity index (χ1) is 10.9. The average Bonchev–Trinajstić information content (AvgIpc) is 2.54. The number of rotatable bonds is 7. The van der Waals surface area contributed by atoms with Crippen molar-refractivity contribution in [3.8, 4) is 6.07 Å². The third-order valence-electron chi connectivity index (χ3n) is 3.20. The van der Waals surface area contributed by atoms with Gasteiger partial charge in [-0.2, -0.15) is 5.26 Å². The maximum atomic E-state index is 12.1. The molecule has 0 spiro atoms.